The van der Waals surface area contributed by atoms with Crippen LogP contribution in [0.5, 0.6) is 0 Å². The number of guanidine groups is 1. The molecule has 3 nitrogen and oxygen atoms in total. The van der Waals surface area contributed by atoms with Gasteiger partial charge in [0.2, 0.25) is 0 Å². The summed E-state index contributed by atoms with van der Waals surface area (Å²) in [5.41, 5.74) is 0. The number of alkyl halides is 3. The normalized spacial score (nSPS) is 13.0. The van der Waals surface area contributed by atoms with Crippen LogP contribution in [-0.2, 0) is 0 Å². The highest BCUT2D eigenvalue weighted by molar-refractivity contribution is 5.79. The van der Waals surface area contributed by atoms with Gasteiger partial charge in [0.1, 0.15) is 0 Å². The van der Waals surface area contributed by atoms with Crippen LogP contribution in [0.25, 0.3) is 0 Å². The molecule has 0 aromatic rings. The maximum atomic E-state index is 11.9. The summed E-state index contributed by atoms with van der Waals surface area (Å²) in [5.74, 6) is 1.06. The van der Waals surface area contributed by atoms with Crippen LogP contribution in [0.2, 0.25) is 0 Å². The van der Waals surface area contributed by atoms with Crippen molar-refractivity contribution in [1.82, 2.24) is 10.6 Å². The summed E-state index contributed by atoms with van der Waals surface area (Å²) in [5, 5.41) is 5.62. The quantitative estimate of drug-likeness (QED) is 0.433. The number of nitrogens with zero attached hydrogens (tertiary/aromatic N) is 1. The summed E-state index contributed by atoms with van der Waals surface area (Å²) in [7, 11) is 1.55. The Morgan fingerprint density at radius 3 is 2.24 bits per heavy atom. The van der Waals surface area contributed by atoms with E-state index in [-0.39, 0.29) is 6.54 Å². The predicted molar refractivity (Wildman–Crippen MR) is 64.1 cm³/mol. The van der Waals surface area contributed by atoms with E-state index in [1.807, 2.05) is 0 Å². The van der Waals surface area contributed by atoms with Crippen molar-refractivity contribution >= 4 is 5.96 Å². The maximum absolute atomic E-state index is 11.9. The monoisotopic (exact) mass is 253 g/mol. The van der Waals surface area contributed by atoms with Gasteiger partial charge in [0.25, 0.3) is 0 Å². The van der Waals surface area contributed by atoms with Gasteiger partial charge in [-0.25, -0.2) is 0 Å². The van der Waals surface area contributed by atoms with E-state index in [2.05, 4.69) is 29.5 Å². The minimum absolute atomic E-state index is 0.145. The molecule has 0 aromatic carbocycles. The van der Waals surface area contributed by atoms with Crippen molar-refractivity contribution in [3.05, 3.63) is 0 Å². The SMILES string of the molecule is CN=C(NCCCC(C)C)NCCC(F)(F)F. The van der Waals surface area contributed by atoms with Crippen molar-refractivity contribution in [1.29, 1.82) is 0 Å². The van der Waals surface area contributed by atoms with Gasteiger partial charge in [0.05, 0.1) is 6.42 Å². The zero-order chi connectivity index (χ0) is 13.3. The van der Waals surface area contributed by atoms with E-state index >= 15 is 0 Å². The first kappa shape index (κ1) is 16.1. The van der Waals surface area contributed by atoms with Gasteiger partial charge in [-0.1, -0.05) is 13.8 Å². The van der Waals surface area contributed by atoms with Crippen molar-refractivity contribution in [3.8, 4) is 0 Å². The Morgan fingerprint density at radius 1 is 1.18 bits per heavy atom. The molecule has 0 rings (SSSR count). The highest BCUT2D eigenvalue weighted by Crippen LogP contribution is 2.17. The van der Waals surface area contributed by atoms with Crippen LogP contribution in [0.4, 0.5) is 13.2 Å². The van der Waals surface area contributed by atoms with Crippen molar-refractivity contribution < 1.29 is 13.2 Å². The van der Waals surface area contributed by atoms with Crippen molar-refractivity contribution in [3.63, 3.8) is 0 Å². The van der Waals surface area contributed by atoms with Crippen LogP contribution in [0.1, 0.15) is 33.1 Å². The molecule has 0 fully saturated rings. The lowest BCUT2D eigenvalue weighted by Crippen LogP contribution is -2.39. The van der Waals surface area contributed by atoms with Crippen LogP contribution in [0, 0.1) is 5.92 Å². The summed E-state index contributed by atoms with van der Waals surface area (Å²) in [6.07, 6.45) is -2.90. The largest absolute Gasteiger partial charge is 0.390 e. The highest BCUT2D eigenvalue weighted by atomic mass is 19.4. The fourth-order valence-corrected chi connectivity index (χ4v) is 1.26. The predicted octanol–water partition coefficient (Wildman–Crippen LogP) is 2.54. The standard InChI is InChI=1S/C11H22F3N3/c1-9(2)5-4-7-16-10(15-3)17-8-6-11(12,13)14/h9H,4-8H2,1-3H3,(H2,15,16,17). The Labute approximate surface area is 101 Å². The molecule has 0 aliphatic rings. The lowest BCUT2D eigenvalue weighted by atomic mass is 10.1. The molecule has 0 saturated heterocycles. The summed E-state index contributed by atoms with van der Waals surface area (Å²) in [6.45, 7) is 4.85. The molecule has 0 unspecified atom stereocenters. The van der Waals surface area contributed by atoms with Gasteiger partial charge in [-0.2, -0.15) is 13.2 Å². The van der Waals surface area contributed by atoms with E-state index < -0.39 is 12.6 Å². The molecular formula is C11H22F3N3. The van der Waals surface area contributed by atoms with E-state index in [0.29, 0.717) is 11.9 Å². The minimum atomic E-state index is -4.12. The third kappa shape index (κ3) is 11.3. The van der Waals surface area contributed by atoms with E-state index in [0.717, 1.165) is 19.4 Å². The molecular weight excluding hydrogens is 231 g/mol. The highest BCUT2D eigenvalue weighted by Gasteiger charge is 2.26. The van der Waals surface area contributed by atoms with Gasteiger partial charge in [-0.15, -0.1) is 0 Å². The van der Waals surface area contributed by atoms with Crippen LogP contribution in [0.3, 0.4) is 0 Å². The second-order valence-electron chi connectivity index (χ2n) is 4.33. The van der Waals surface area contributed by atoms with Crippen LogP contribution < -0.4 is 10.6 Å². The van der Waals surface area contributed by atoms with Crippen molar-refractivity contribution in [2.75, 3.05) is 20.1 Å². The lowest BCUT2D eigenvalue weighted by molar-refractivity contribution is -0.132. The molecule has 0 radical (unpaired) electrons. The first-order chi connectivity index (χ1) is 7.85. The third-order valence-electron chi connectivity index (χ3n) is 2.18. The number of rotatable bonds is 6. The molecule has 17 heavy (non-hydrogen) atoms. The number of hydrogen-bond donors (Lipinski definition) is 2. The van der Waals surface area contributed by atoms with Crippen LogP contribution in [-0.4, -0.2) is 32.3 Å². The molecule has 6 heteroatoms. The second-order valence-corrected chi connectivity index (χ2v) is 4.33. The number of nitrogens with one attached hydrogen (secondary N) is 2. The van der Waals surface area contributed by atoms with Gasteiger partial charge in [0, 0.05) is 20.1 Å². The Morgan fingerprint density at radius 2 is 1.76 bits per heavy atom. The van der Waals surface area contributed by atoms with Gasteiger partial charge < -0.3 is 10.6 Å². The van der Waals surface area contributed by atoms with Crippen LogP contribution in [0.15, 0.2) is 4.99 Å². The summed E-state index contributed by atoms with van der Waals surface area (Å²) < 4.78 is 35.7. The summed E-state index contributed by atoms with van der Waals surface area (Å²) in [4.78, 5) is 3.85. The first-order valence-corrected chi connectivity index (χ1v) is 5.86. The lowest BCUT2D eigenvalue weighted by Gasteiger charge is -2.13. The Hall–Kier alpha value is -0.940. The fraction of sp³-hybridized carbons (Fsp3) is 0.909. The Bertz CT molecular complexity index is 224. The maximum Gasteiger partial charge on any atom is 0.390 e. The van der Waals surface area contributed by atoms with E-state index in [9.17, 15) is 13.2 Å². The molecule has 0 saturated carbocycles. The molecule has 0 heterocycles. The average molecular weight is 253 g/mol. The molecule has 102 valence electrons. The molecule has 0 amide bonds. The second kappa shape index (κ2) is 8.20. The zero-order valence-electron chi connectivity index (χ0n) is 10.7. The Kier molecular flexibility index (Phi) is 7.74. The van der Waals surface area contributed by atoms with E-state index in [1.54, 1.807) is 7.05 Å². The molecule has 0 aliphatic carbocycles. The minimum Gasteiger partial charge on any atom is -0.356 e. The number of aliphatic imine (C=N–C) groups is 1. The smallest absolute Gasteiger partial charge is 0.356 e. The zero-order valence-corrected chi connectivity index (χ0v) is 10.7. The average Bonchev–Trinajstić information content (AvgIpc) is 2.19. The van der Waals surface area contributed by atoms with Gasteiger partial charge in [0.15, 0.2) is 5.96 Å². The van der Waals surface area contributed by atoms with Crippen molar-refractivity contribution in [2.45, 2.75) is 39.3 Å². The van der Waals surface area contributed by atoms with Gasteiger partial charge >= 0.3 is 6.18 Å². The van der Waals surface area contributed by atoms with E-state index in [1.165, 1.54) is 0 Å². The first-order valence-electron chi connectivity index (χ1n) is 5.86. The Balaban J connectivity index is 3.65. The molecule has 0 atom stereocenters. The topological polar surface area (TPSA) is 36.4 Å². The van der Waals surface area contributed by atoms with E-state index in [4.69, 9.17) is 0 Å². The number of hydrogen-bond acceptors (Lipinski definition) is 1. The van der Waals surface area contributed by atoms with Crippen LogP contribution >= 0.6 is 0 Å². The third-order valence-corrected chi connectivity index (χ3v) is 2.18. The van der Waals surface area contributed by atoms with Gasteiger partial charge in [-0.3, -0.25) is 4.99 Å². The summed E-state index contributed by atoms with van der Waals surface area (Å²) >= 11 is 0. The summed E-state index contributed by atoms with van der Waals surface area (Å²) in [6, 6.07) is 0. The molecule has 0 aromatic heterocycles. The van der Waals surface area contributed by atoms with Crippen molar-refractivity contribution in [2.24, 2.45) is 10.9 Å². The molecule has 0 spiro atoms. The van der Waals surface area contributed by atoms with Gasteiger partial charge in [-0.05, 0) is 18.8 Å². The molecule has 0 bridgehead atoms. The fourth-order valence-electron chi connectivity index (χ4n) is 1.26. The molecule has 2 N–H and O–H groups in total. The number of halogens is 3. The molecule has 0 aliphatic heterocycles.